The van der Waals surface area contributed by atoms with Crippen molar-refractivity contribution < 1.29 is 18.3 Å². The molecule has 0 fully saturated rings. The third-order valence-electron chi connectivity index (χ3n) is 3.42. The monoisotopic (exact) mass is 360 g/mol. The molecule has 0 bridgehead atoms. The number of benzene rings is 2. The second-order valence-electron chi connectivity index (χ2n) is 5.22. The van der Waals surface area contributed by atoms with Crippen molar-refractivity contribution in [3.05, 3.63) is 65.7 Å². The number of nitrogens with zero attached hydrogens (tertiary/aromatic N) is 1. The smallest absolute Gasteiger partial charge is 0.265 e. The van der Waals surface area contributed by atoms with E-state index in [1.54, 1.807) is 5.51 Å². The van der Waals surface area contributed by atoms with E-state index in [0.29, 0.717) is 10.7 Å². The summed E-state index contributed by atoms with van der Waals surface area (Å²) >= 11 is 1.29. The van der Waals surface area contributed by atoms with Gasteiger partial charge >= 0.3 is 0 Å². The van der Waals surface area contributed by atoms with E-state index in [2.05, 4.69) is 10.3 Å². The normalized spacial score (nSPS) is 11.8. The number of ether oxygens (including phenoxy) is 1. The minimum Gasteiger partial charge on any atom is -0.481 e. The lowest BCUT2D eigenvalue weighted by atomic mass is 10.2. The predicted octanol–water partition coefficient (Wildman–Crippen LogP) is 4.49. The lowest BCUT2D eigenvalue weighted by Crippen LogP contribution is -2.30. The third kappa shape index (κ3) is 4.00. The van der Waals surface area contributed by atoms with Crippen LogP contribution >= 0.6 is 11.3 Å². The molecule has 4 nitrogen and oxygen atoms in total. The Morgan fingerprint density at radius 1 is 1.16 bits per heavy atom. The summed E-state index contributed by atoms with van der Waals surface area (Å²) in [5, 5.41) is 3.35. The molecule has 1 atom stereocenters. The fraction of sp³-hybridized carbons (Fsp3) is 0.111. The van der Waals surface area contributed by atoms with Crippen LogP contribution in [0, 0.1) is 11.6 Å². The van der Waals surface area contributed by atoms with Crippen LogP contribution < -0.4 is 10.1 Å². The highest BCUT2D eigenvalue weighted by Gasteiger charge is 2.19. The van der Waals surface area contributed by atoms with Crippen molar-refractivity contribution in [2.45, 2.75) is 13.0 Å². The van der Waals surface area contributed by atoms with Gasteiger partial charge in [-0.1, -0.05) is 30.3 Å². The van der Waals surface area contributed by atoms with Crippen LogP contribution in [0.4, 0.5) is 13.8 Å². The molecule has 0 saturated carbocycles. The predicted molar refractivity (Wildman–Crippen MR) is 92.6 cm³/mol. The van der Waals surface area contributed by atoms with Gasteiger partial charge in [0.25, 0.3) is 5.91 Å². The number of amides is 1. The Labute approximate surface area is 147 Å². The molecule has 7 heteroatoms. The molecule has 1 unspecified atom stereocenters. The van der Waals surface area contributed by atoms with Crippen LogP contribution in [0.25, 0.3) is 11.3 Å². The second kappa shape index (κ2) is 7.40. The fourth-order valence-electron chi connectivity index (χ4n) is 2.16. The Kier molecular flexibility index (Phi) is 5.04. The lowest BCUT2D eigenvalue weighted by Gasteiger charge is -2.14. The minimum atomic E-state index is -1.03. The molecule has 0 saturated heterocycles. The average molecular weight is 360 g/mol. The van der Waals surface area contributed by atoms with Gasteiger partial charge in [0, 0.05) is 11.6 Å². The molecule has 1 heterocycles. The number of nitrogens with one attached hydrogen (secondary N) is 1. The first-order chi connectivity index (χ1) is 12.0. The van der Waals surface area contributed by atoms with Crippen LogP contribution in [0.5, 0.6) is 5.75 Å². The van der Waals surface area contributed by atoms with Crippen molar-refractivity contribution in [2.24, 2.45) is 0 Å². The van der Waals surface area contributed by atoms with Crippen molar-refractivity contribution in [3.8, 4) is 17.0 Å². The van der Waals surface area contributed by atoms with Crippen molar-refractivity contribution in [1.82, 2.24) is 4.98 Å². The fourth-order valence-corrected chi connectivity index (χ4v) is 2.86. The highest BCUT2D eigenvalue weighted by Crippen LogP contribution is 2.30. The summed E-state index contributed by atoms with van der Waals surface area (Å²) in [5.74, 6) is -2.33. The van der Waals surface area contributed by atoms with E-state index in [-0.39, 0.29) is 5.75 Å². The molecule has 0 radical (unpaired) electrons. The molecule has 0 aliphatic rings. The zero-order valence-corrected chi connectivity index (χ0v) is 14.0. The van der Waals surface area contributed by atoms with Gasteiger partial charge in [-0.25, -0.2) is 13.8 Å². The number of hydrogen-bond acceptors (Lipinski definition) is 4. The average Bonchev–Trinajstić information content (AvgIpc) is 3.07. The maximum atomic E-state index is 13.2. The number of rotatable bonds is 5. The first kappa shape index (κ1) is 17.0. The van der Waals surface area contributed by atoms with E-state index in [9.17, 15) is 13.6 Å². The quantitative estimate of drug-likeness (QED) is 0.729. The van der Waals surface area contributed by atoms with Crippen molar-refractivity contribution >= 4 is 22.2 Å². The Morgan fingerprint density at radius 2 is 1.92 bits per heavy atom. The van der Waals surface area contributed by atoms with Crippen molar-refractivity contribution in [2.75, 3.05) is 5.32 Å². The van der Waals surface area contributed by atoms with Crippen molar-refractivity contribution in [1.29, 1.82) is 0 Å². The van der Waals surface area contributed by atoms with Gasteiger partial charge in [0.2, 0.25) is 0 Å². The van der Waals surface area contributed by atoms with Crippen LogP contribution in [0.3, 0.4) is 0 Å². The molecule has 128 valence electrons. The summed E-state index contributed by atoms with van der Waals surface area (Å²) in [4.78, 5) is 16.6. The van der Waals surface area contributed by atoms with Gasteiger partial charge in [0.15, 0.2) is 17.7 Å². The van der Waals surface area contributed by atoms with Crippen molar-refractivity contribution in [3.63, 3.8) is 0 Å². The van der Waals surface area contributed by atoms with Gasteiger partial charge in [0.05, 0.1) is 5.51 Å². The lowest BCUT2D eigenvalue weighted by molar-refractivity contribution is -0.122. The van der Waals surface area contributed by atoms with Gasteiger partial charge in [-0.15, -0.1) is 11.3 Å². The number of thiazole rings is 1. The summed E-state index contributed by atoms with van der Waals surface area (Å²) in [6.45, 7) is 1.53. The zero-order valence-electron chi connectivity index (χ0n) is 13.2. The number of aromatic nitrogens is 1. The molecule has 2 aromatic carbocycles. The Morgan fingerprint density at radius 3 is 2.64 bits per heavy atom. The van der Waals surface area contributed by atoms with E-state index < -0.39 is 23.6 Å². The van der Waals surface area contributed by atoms with Crippen LogP contribution in [0.2, 0.25) is 0 Å². The summed E-state index contributed by atoms with van der Waals surface area (Å²) in [6, 6.07) is 12.6. The molecular weight excluding hydrogens is 346 g/mol. The third-order valence-corrected chi connectivity index (χ3v) is 4.17. The van der Waals surface area contributed by atoms with Crippen LogP contribution in [0.1, 0.15) is 6.92 Å². The topological polar surface area (TPSA) is 51.2 Å². The van der Waals surface area contributed by atoms with Gasteiger partial charge in [-0.2, -0.15) is 0 Å². The van der Waals surface area contributed by atoms with Crippen LogP contribution in [-0.4, -0.2) is 17.0 Å². The molecule has 0 spiro atoms. The SMILES string of the molecule is CC(Oc1ccc(F)c(F)c1)C(=O)Nc1scnc1-c1ccccc1. The van der Waals surface area contributed by atoms with Gasteiger partial charge < -0.3 is 10.1 Å². The van der Waals surface area contributed by atoms with E-state index in [4.69, 9.17) is 4.74 Å². The number of anilines is 1. The molecule has 0 aliphatic heterocycles. The maximum Gasteiger partial charge on any atom is 0.265 e. The molecule has 3 aromatic rings. The van der Waals surface area contributed by atoms with E-state index in [0.717, 1.165) is 17.7 Å². The highest BCUT2D eigenvalue weighted by molar-refractivity contribution is 7.14. The second-order valence-corrected chi connectivity index (χ2v) is 6.08. The number of carbonyl (C=O) groups excluding carboxylic acids is 1. The zero-order chi connectivity index (χ0) is 17.8. The van der Waals surface area contributed by atoms with Crippen LogP contribution in [-0.2, 0) is 4.79 Å². The summed E-state index contributed by atoms with van der Waals surface area (Å²) in [7, 11) is 0. The van der Waals surface area contributed by atoms with E-state index >= 15 is 0 Å². The maximum absolute atomic E-state index is 13.2. The number of halogens is 2. The van der Waals surface area contributed by atoms with Gasteiger partial charge in [-0.05, 0) is 19.1 Å². The van der Waals surface area contributed by atoms with E-state index in [1.165, 1.54) is 24.3 Å². The molecule has 1 amide bonds. The first-order valence-electron chi connectivity index (χ1n) is 7.46. The summed E-state index contributed by atoms with van der Waals surface area (Å²) in [5.41, 5.74) is 3.19. The molecular formula is C18H14F2N2O2S. The number of hydrogen-bond donors (Lipinski definition) is 1. The standard InChI is InChI=1S/C18H14F2N2O2S/c1-11(24-13-7-8-14(19)15(20)9-13)17(23)22-18-16(21-10-25-18)12-5-3-2-4-6-12/h2-11H,1H3,(H,22,23). The first-order valence-corrected chi connectivity index (χ1v) is 8.34. The highest BCUT2D eigenvalue weighted by atomic mass is 32.1. The Hall–Kier alpha value is -2.80. The van der Waals surface area contributed by atoms with Gasteiger partial charge in [0.1, 0.15) is 16.4 Å². The van der Waals surface area contributed by atoms with Gasteiger partial charge in [-0.3, -0.25) is 4.79 Å². The molecule has 1 N–H and O–H groups in total. The van der Waals surface area contributed by atoms with E-state index in [1.807, 2.05) is 30.3 Å². The summed E-state index contributed by atoms with van der Waals surface area (Å²) in [6.07, 6.45) is -0.893. The largest absolute Gasteiger partial charge is 0.481 e. The van der Waals surface area contributed by atoms with Crippen LogP contribution in [0.15, 0.2) is 54.0 Å². The Bertz CT molecular complexity index is 884. The number of carbonyl (C=O) groups is 1. The minimum absolute atomic E-state index is 0.0779. The summed E-state index contributed by atoms with van der Waals surface area (Å²) < 4.78 is 31.5. The molecule has 1 aromatic heterocycles. The molecule has 0 aliphatic carbocycles. The molecule has 25 heavy (non-hydrogen) atoms. The Balaban J connectivity index is 1.70. The molecule has 3 rings (SSSR count).